The maximum Gasteiger partial charge on any atom is 0.326 e. The molecule has 35 nitrogen and oxygen atoms in total. The van der Waals surface area contributed by atoms with E-state index in [2.05, 4.69) is 52.8 Å². The van der Waals surface area contributed by atoms with Gasteiger partial charge in [-0.25, -0.2) is 4.79 Å². The molecule has 95 heavy (non-hydrogen) atoms. The maximum absolute atomic E-state index is 14.3. The Bertz CT molecular complexity index is 2930. The number of hydrogen-bond donors (Lipinski definition) is 16. The van der Waals surface area contributed by atoms with Gasteiger partial charge in [-0.3, -0.25) is 72.1 Å². The number of aliphatic carboxylic acids is 3. The van der Waals surface area contributed by atoms with Gasteiger partial charge in [0.1, 0.15) is 54.4 Å². The van der Waals surface area contributed by atoms with Crippen molar-refractivity contribution < 1.29 is 87.2 Å². The second-order valence-corrected chi connectivity index (χ2v) is 24.0. The number of rotatable bonds is 39. The van der Waals surface area contributed by atoms with Crippen LogP contribution >= 0.6 is 0 Å². The molecule has 526 valence electrons. The zero-order valence-corrected chi connectivity index (χ0v) is 53.8. The fourth-order valence-corrected chi connectivity index (χ4v) is 11.1. The van der Waals surface area contributed by atoms with Crippen LogP contribution in [-0.2, 0) is 78.3 Å². The molecule has 0 unspecified atom stereocenters. The Morgan fingerprint density at radius 1 is 0.547 bits per heavy atom. The van der Waals surface area contributed by atoms with Crippen molar-refractivity contribution in [1.29, 1.82) is 0 Å². The van der Waals surface area contributed by atoms with E-state index in [9.17, 15) is 87.2 Å². The number of hydrogen-bond acceptors (Lipinski definition) is 18. The smallest absolute Gasteiger partial charge is 0.326 e. The van der Waals surface area contributed by atoms with Gasteiger partial charge in [0.2, 0.25) is 70.9 Å². The number of carbonyl (C=O) groups is 15. The first-order valence-electron chi connectivity index (χ1n) is 31.8. The minimum Gasteiger partial charge on any atom is -0.481 e. The van der Waals surface area contributed by atoms with Crippen LogP contribution in [0.2, 0.25) is 0 Å². The second-order valence-electron chi connectivity index (χ2n) is 24.0. The first-order chi connectivity index (χ1) is 45.0. The van der Waals surface area contributed by atoms with E-state index >= 15 is 0 Å². The van der Waals surface area contributed by atoms with E-state index in [1.165, 1.54) is 11.8 Å². The number of amides is 12. The lowest BCUT2D eigenvalue weighted by atomic mass is 10.0. The van der Waals surface area contributed by atoms with Crippen molar-refractivity contribution in [1.82, 2.24) is 62.6 Å². The first kappa shape index (κ1) is 77.9. The highest BCUT2D eigenvalue weighted by atomic mass is 16.4. The molecule has 3 aliphatic rings. The van der Waals surface area contributed by atoms with Crippen molar-refractivity contribution in [2.75, 3.05) is 52.4 Å². The predicted octanol–water partition coefficient (Wildman–Crippen LogP) is -5.54. The van der Waals surface area contributed by atoms with Crippen LogP contribution in [0.5, 0.6) is 0 Å². The van der Waals surface area contributed by atoms with Crippen LogP contribution in [0.3, 0.4) is 0 Å². The summed E-state index contributed by atoms with van der Waals surface area (Å²) in [4.78, 5) is 206. The molecule has 35 heteroatoms. The highest BCUT2D eigenvalue weighted by Gasteiger charge is 2.42. The lowest BCUT2D eigenvalue weighted by Crippen LogP contribution is -2.59. The third-order valence-corrected chi connectivity index (χ3v) is 16.0. The van der Waals surface area contributed by atoms with E-state index in [4.69, 9.17) is 22.9 Å². The number of likely N-dealkylation sites (tertiary alicyclic amines) is 3. The van der Waals surface area contributed by atoms with Gasteiger partial charge in [0.25, 0.3) is 0 Å². The van der Waals surface area contributed by atoms with Crippen LogP contribution in [0.15, 0.2) is 35.3 Å². The lowest BCUT2D eigenvalue weighted by molar-refractivity contribution is -0.151. The van der Waals surface area contributed by atoms with E-state index in [0.717, 1.165) is 15.4 Å². The molecule has 1 aromatic carbocycles. The molecule has 3 saturated heterocycles. The standard InChI is InChI=1S/C60H93N17O18/c1-33(2)27-40(70-45(78)30-66-50(85)34(3)69-51(86)36(62)28-35-13-5-4-6-14-35)53(88)68-32-47(80)75-24-10-17-42(75)56(91)73-38(16-9-23-65-60(63)64)54(89)72-39(20-21-48(81)82)55(90)71-37(15-7-8-22-61)52(87)67-31-46(79)76-25-11-18-43(76)57(92)74-41(29-49(83)84)58(93)77-26-12-19-44(77)59(94)95/h4-6,13-14,33-34,36-44H,7-12,15-32,61-62H2,1-3H3,(H,66,85)(H,67,87)(H,68,88)(H,69,86)(H,70,78)(H,71,90)(H,72,89)(H,73,91)(H,74,92)(H,81,82)(H,83,84)(H,94,95)(H4,63,64,65)/t34-,36-,37-,38-,39-,40-,41-,42-,43-,44-/m0/s1. The molecule has 4 rings (SSSR count). The van der Waals surface area contributed by atoms with Gasteiger partial charge in [0.05, 0.1) is 32.1 Å². The average molecular weight is 1340 g/mol. The van der Waals surface area contributed by atoms with Crippen molar-refractivity contribution in [3.63, 3.8) is 0 Å². The van der Waals surface area contributed by atoms with Gasteiger partial charge in [0.15, 0.2) is 5.96 Å². The number of unbranched alkanes of at least 4 members (excludes halogenated alkanes) is 1. The molecule has 3 heterocycles. The van der Waals surface area contributed by atoms with E-state index in [0.29, 0.717) is 25.7 Å². The SMILES string of the molecule is CC(C)C[C@H](NC(=O)CNC(=O)[C@H](C)NC(=O)[C@@H](N)Cc1ccccc1)C(=O)NCC(=O)N1CCC[C@H]1C(=O)N[C@@H](CCCN=C(N)N)C(=O)N[C@@H](CCC(=O)O)C(=O)N[C@@H](CCCCN)C(=O)NCC(=O)N1CCC[C@H]1C(=O)N[C@@H](CC(=O)O)C(=O)N1CCC[C@H]1C(=O)O. The summed E-state index contributed by atoms with van der Waals surface area (Å²) in [6, 6.07) is -4.06. The molecule has 0 aliphatic carbocycles. The number of carboxylic acid groups (broad SMARTS) is 3. The number of aliphatic imine (C=N–C) groups is 1. The highest BCUT2D eigenvalue weighted by molar-refractivity contribution is 5.99. The average Bonchev–Trinajstić information content (AvgIpc) is 1.76. The normalized spacial score (nSPS) is 18.0. The minimum atomic E-state index is -1.67. The highest BCUT2D eigenvalue weighted by Crippen LogP contribution is 2.23. The molecular formula is C60H93N17O18. The third kappa shape index (κ3) is 26.1. The van der Waals surface area contributed by atoms with E-state index in [-0.39, 0.29) is 102 Å². The van der Waals surface area contributed by atoms with Gasteiger partial charge >= 0.3 is 17.9 Å². The van der Waals surface area contributed by atoms with Gasteiger partial charge < -0.3 is 101 Å². The second kappa shape index (κ2) is 39.2. The van der Waals surface area contributed by atoms with E-state index in [1.54, 1.807) is 38.1 Å². The van der Waals surface area contributed by atoms with Gasteiger partial charge in [-0.2, -0.15) is 0 Å². The Hall–Kier alpha value is -9.54. The number of carbonyl (C=O) groups excluding carboxylic acids is 12. The molecule has 1 aromatic rings. The van der Waals surface area contributed by atoms with Crippen molar-refractivity contribution in [2.45, 2.75) is 184 Å². The molecule has 0 spiro atoms. The summed E-state index contributed by atoms with van der Waals surface area (Å²) < 4.78 is 0. The summed E-state index contributed by atoms with van der Waals surface area (Å²) in [6.07, 6.45) is -0.0716. The molecular weight excluding hydrogens is 1250 g/mol. The molecule has 3 aliphatic heterocycles. The summed E-state index contributed by atoms with van der Waals surface area (Å²) >= 11 is 0. The van der Waals surface area contributed by atoms with E-state index in [1.807, 2.05) is 6.07 Å². The van der Waals surface area contributed by atoms with Crippen LogP contribution in [0.25, 0.3) is 0 Å². The Morgan fingerprint density at radius 2 is 1.05 bits per heavy atom. The zero-order valence-electron chi connectivity index (χ0n) is 53.8. The van der Waals surface area contributed by atoms with Crippen molar-refractivity contribution in [3.8, 4) is 0 Å². The molecule has 10 atom stereocenters. The molecule has 12 amide bonds. The van der Waals surface area contributed by atoms with Crippen molar-refractivity contribution >= 4 is 94.8 Å². The Morgan fingerprint density at radius 3 is 1.58 bits per heavy atom. The van der Waals surface area contributed by atoms with Crippen LogP contribution in [0.1, 0.15) is 123 Å². The van der Waals surface area contributed by atoms with Crippen molar-refractivity contribution in [2.24, 2.45) is 33.8 Å². The topological polar surface area (TPSA) is 551 Å². The lowest BCUT2D eigenvalue weighted by Gasteiger charge is -2.29. The molecule has 20 N–H and O–H groups in total. The van der Waals surface area contributed by atoms with Crippen LogP contribution in [0.4, 0.5) is 0 Å². The number of benzene rings is 1. The fourth-order valence-electron chi connectivity index (χ4n) is 11.1. The number of carboxylic acids is 3. The molecule has 0 bridgehead atoms. The van der Waals surface area contributed by atoms with Gasteiger partial charge in [-0.05, 0) is 115 Å². The van der Waals surface area contributed by atoms with Crippen LogP contribution in [0, 0.1) is 5.92 Å². The molecule has 0 radical (unpaired) electrons. The number of nitrogens with one attached hydrogen (secondary N) is 9. The minimum absolute atomic E-state index is 0.0146. The van der Waals surface area contributed by atoms with E-state index < -0.39 is 188 Å². The molecule has 0 saturated carbocycles. The summed E-state index contributed by atoms with van der Waals surface area (Å²) in [5.41, 5.74) is 23.6. The summed E-state index contributed by atoms with van der Waals surface area (Å²) in [7, 11) is 0. The zero-order chi connectivity index (χ0) is 70.5. The Labute approximate surface area is 548 Å². The number of nitrogens with zero attached hydrogens (tertiary/aromatic N) is 4. The number of nitrogens with two attached hydrogens (primary N) is 4. The first-order valence-corrected chi connectivity index (χ1v) is 31.8. The summed E-state index contributed by atoms with van der Waals surface area (Å²) in [5, 5.41) is 51.3. The van der Waals surface area contributed by atoms with Crippen molar-refractivity contribution in [3.05, 3.63) is 35.9 Å². The quantitative estimate of drug-likeness (QED) is 0.0166. The summed E-state index contributed by atoms with van der Waals surface area (Å²) in [6.45, 7) is 3.28. The Kier molecular flexibility index (Phi) is 32.2. The van der Waals surface area contributed by atoms with Gasteiger partial charge in [-0.1, -0.05) is 44.2 Å². The Balaban J connectivity index is 1.40. The molecule has 3 fully saturated rings. The number of guanidine groups is 1. The van der Waals surface area contributed by atoms with Gasteiger partial charge in [0, 0.05) is 32.6 Å². The van der Waals surface area contributed by atoms with Crippen LogP contribution in [-0.4, -0.2) is 238 Å². The largest absolute Gasteiger partial charge is 0.481 e. The maximum atomic E-state index is 14.3. The monoisotopic (exact) mass is 1340 g/mol. The third-order valence-electron chi connectivity index (χ3n) is 16.0. The predicted molar refractivity (Wildman–Crippen MR) is 338 cm³/mol. The molecule has 0 aromatic heterocycles. The van der Waals surface area contributed by atoms with Crippen LogP contribution < -0.4 is 70.8 Å². The fraction of sp³-hybridized carbons (Fsp3) is 0.633. The van der Waals surface area contributed by atoms with Gasteiger partial charge in [-0.15, -0.1) is 0 Å². The summed E-state index contributed by atoms with van der Waals surface area (Å²) in [5.74, 6) is -14.4.